The van der Waals surface area contributed by atoms with Crippen LogP contribution >= 0.6 is 0 Å². The number of hydrogen-bond acceptors (Lipinski definition) is 2. The Morgan fingerprint density at radius 3 is 0.900 bits per heavy atom. The van der Waals surface area contributed by atoms with Gasteiger partial charge in [0.05, 0.1) is 0 Å². The van der Waals surface area contributed by atoms with Crippen LogP contribution in [-0.2, 0) is 0 Å². The summed E-state index contributed by atoms with van der Waals surface area (Å²) in [7, 11) is 0. The fourth-order valence-corrected chi connectivity index (χ4v) is 5.47. The summed E-state index contributed by atoms with van der Waals surface area (Å²) < 4.78 is 0. The Morgan fingerprint density at radius 2 is 0.700 bits per heavy atom. The molecule has 0 saturated carbocycles. The normalized spacial score (nSPS) is 33.0. The number of piperidine rings is 2. The van der Waals surface area contributed by atoms with E-state index in [0.29, 0.717) is 0 Å². The van der Waals surface area contributed by atoms with Crippen LogP contribution in [0.25, 0.3) is 0 Å². The van der Waals surface area contributed by atoms with E-state index in [1.165, 1.54) is 25.7 Å². The molecule has 0 aromatic rings. The molecule has 0 radical (unpaired) electrons. The van der Waals surface area contributed by atoms with Crippen molar-refractivity contribution in [3.8, 4) is 0 Å². The molecule has 2 nitrogen and oxygen atoms in total. The van der Waals surface area contributed by atoms with Crippen molar-refractivity contribution in [3.05, 3.63) is 0 Å². The van der Waals surface area contributed by atoms with E-state index in [1.54, 1.807) is 0 Å². The van der Waals surface area contributed by atoms with Crippen LogP contribution in [-0.4, -0.2) is 22.2 Å². The lowest BCUT2D eigenvalue weighted by Gasteiger charge is -2.54. The highest BCUT2D eigenvalue weighted by molar-refractivity contribution is 5.04. The van der Waals surface area contributed by atoms with E-state index in [-0.39, 0.29) is 22.2 Å². The minimum atomic E-state index is 0.269. The maximum atomic E-state index is 3.83. The first kappa shape index (κ1) is 16.3. The first-order valence-electron chi connectivity index (χ1n) is 8.38. The molecule has 2 saturated heterocycles. The van der Waals surface area contributed by atoms with Gasteiger partial charge in [-0.15, -0.1) is 0 Å². The fourth-order valence-electron chi connectivity index (χ4n) is 5.47. The van der Waals surface area contributed by atoms with Gasteiger partial charge < -0.3 is 10.6 Å². The molecular formula is C18H36N2. The van der Waals surface area contributed by atoms with Crippen molar-refractivity contribution in [2.75, 3.05) is 0 Å². The zero-order valence-electron chi connectivity index (χ0n) is 15.0. The molecule has 0 spiro atoms. The number of hydrogen-bond donors (Lipinski definition) is 2. The second-order valence-corrected chi connectivity index (χ2v) is 10.1. The van der Waals surface area contributed by atoms with Crippen molar-refractivity contribution in [1.29, 1.82) is 0 Å². The van der Waals surface area contributed by atoms with Crippen LogP contribution in [0.4, 0.5) is 0 Å². The Bertz CT molecular complexity index is 298. The van der Waals surface area contributed by atoms with Crippen LogP contribution in [0.15, 0.2) is 0 Å². The lowest BCUT2D eigenvalue weighted by Crippen LogP contribution is -2.62. The van der Waals surface area contributed by atoms with Crippen LogP contribution in [0.5, 0.6) is 0 Å². The lowest BCUT2D eigenvalue weighted by molar-refractivity contribution is 0.0327. The Balaban J connectivity index is 2.18. The molecule has 0 unspecified atom stereocenters. The molecule has 2 N–H and O–H groups in total. The van der Waals surface area contributed by atoms with Gasteiger partial charge in [0.15, 0.2) is 0 Å². The SMILES string of the molecule is CC1(C)CC(C2CC(C)(C)NC(C)(C)C2)CC(C)(C)N1. The highest BCUT2D eigenvalue weighted by atomic mass is 15.1. The molecule has 0 aromatic carbocycles. The van der Waals surface area contributed by atoms with Crippen molar-refractivity contribution in [2.24, 2.45) is 11.8 Å². The van der Waals surface area contributed by atoms with E-state index in [0.717, 1.165) is 11.8 Å². The molecule has 2 heteroatoms. The van der Waals surface area contributed by atoms with Gasteiger partial charge in [-0.3, -0.25) is 0 Å². The van der Waals surface area contributed by atoms with Crippen molar-refractivity contribution < 1.29 is 0 Å². The maximum absolute atomic E-state index is 3.83. The van der Waals surface area contributed by atoms with Gasteiger partial charge >= 0.3 is 0 Å². The van der Waals surface area contributed by atoms with E-state index >= 15 is 0 Å². The summed E-state index contributed by atoms with van der Waals surface area (Å²) in [5.41, 5.74) is 1.08. The van der Waals surface area contributed by atoms with Crippen molar-refractivity contribution >= 4 is 0 Å². The summed E-state index contributed by atoms with van der Waals surface area (Å²) in [6.45, 7) is 19.0. The van der Waals surface area contributed by atoms with Gasteiger partial charge in [-0.2, -0.15) is 0 Å². The summed E-state index contributed by atoms with van der Waals surface area (Å²) in [6.07, 6.45) is 5.25. The highest BCUT2D eigenvalue weighted by Gasteiger charge is 2.45. The van der Waals surface area contributed by atoms with E-state index in [1.807, 2.05) is 0 Å². The molecule has 0 bridgehead atoms. The summed E-state index contributed by atoms with van der Waals surface area (Å²) in [5, 5.41) is 7.65. The first-order chi connectivity index (χ1) is 8.79. The number of rotatable bonds is 1. The first-order valence-corrected chi connectivity index (χ1v) is 8.38. The average Bonchev–Trinajstić information content (AvgIpc) is 2.06. The van der Waals surface area contributed by atoms with Crippen molar-refractivity contribution in [2.45, 2.75) is 103 Å². The van der Waals surface area contributed by atoms with Crippen molar-refractivity contribution in [3.63, 3.8) is 0 Å². The molecule has 2 fully saturated rings. The Hall–Kier alpha value is -0.0800. The van der Waals surface area contributed by atoms with E-state index in [4.69, 9.17) is 0 Å². The van der Waals surface area contributed by atoms with E-state index in [9.17, 15) is 0 Å². The minimum Gasteiger partial charge on any atom is -0.307 e. The zero-order chi connectivity index (χ0) is 15.4. The monoisotopic (exact) mass is 280 g/mol. The van der Waals surface area contributed by atoms with Gasteiger partial charge in [-0.1, -0.05) is 0 Å². The summed E-state index contributed by atoms with van der Waals surface area (Å²) in [6, 6.07) is 0. The number of nitrogens with one attached hydrogen (secondary N) is 2. The molecule has 0 atom stereocenters. The van der Waals surface area contributed by atoms with Gasteiger partial charge in [-0.25, -0.2) is 0 Å². The third-order valence-electron chi connectivity index (χ3n) is 5.11. The van der Waals surface area contributed by atoms with E-state index < -0.39 is 0 Å². The minimum absolute atomic E-state index is 0.269. The quantitative estimate of drug-likeness (QED) is 0.755. The second-order valence-electron chi connectivity index (χ2n) is 10.1. The molecular weight excluding hydrogens is 244 g/mol. The zero-order valence-corrected chi connectivity index (χ0v) is 15.0. The molecule has 2 rings (SSSR count). The topological polar surface area (TPSA) is 24.1 Å². The Labute approximate surface area is 126 Å². The van der Waals surface area contributed by atoms with Gasteiger partial charge in [0.25, 0.3) is 0 Å². The van der Waals surface area contributed by atoms with Crippen LogP contribution in [0.1, 0.15) is 81.1 Å². The van der Waals surface area contributed by atoms with E-state index in [2.05, 4.69) is 66.0 Å². The van der Waals surface area contributed by atoms with Gasteiger partial charge in [0.1, 0.15) is 0 Å². The largest absolute Gasteiger partial charge is 0.307 e. The molecule has 0 amide bonds. The maximum Gasteiger partial charge on any atom is 0.0132 e. The Morgan fingerprint density at radius 1 is 0.500 bits per heavy atom. The standard InChI is InChI=1S/C18H36N2/c1-15(2)9-13(10-16(3,4)19-15)14-11-17(5,6)20-18(7,8)12-14/h13-14,19-20H,9-12H2,1-8H3. The highest BCUT2D eigenvalue weighted by Crippen LogP contribution is 2.44. The molecule has 0 aliphatic carbocycles. The smallest absolute Gasteiger partial charge is 0.0132 e. The third-order valence-corrected chi connectivity index (χ3v) is 5.11. The summed E-state index contributed by atoms with van der Waals surface area (Å²) in [4.78, 5) is 0. The second kappa shape index (κ2) is 4.71. The molecule has 0 aromatic heterocycles. The average molecular weight is 280 g/mol. The summed E-state index contributed by atoms with van der Waals surface area (Å²) >= 11 is 0. The molecule has 20 heavy (non-hydrogen) atoms. The van der Waals surface area contributed by atoms with Gasteiger partial charge in [0, 0.05) is 22.2 Å². The van der Waals surface area contributed by atoms with Crippen LogP contribution in [0.3, 0.4) is 0 Å². The molecule has 2 aliphatic rings. The molecule has 2 aliphatic heterocycles. The lowest BCUT2D eigenvalue weighted by atomic mass is 9.63. The summed E-state index contributed by atoms with van der Waals surface area (Å²) in [5.74, 6) is 1.70. The van der Waals surface area contributed by atoms with Crippen LogP contribution < -0.4 is 10.6 Å². The van der Waals surface area contributed by atoms with Crippen molar-refractivity contribution in [1.82, 2.24) is 10.6 Å². The van der Waals surface area contributed by atoms with Crippen LogP contribution in [0, 0.1) is 11.8 Å². The van der Waals surface area contributed by atoms with Gasteiger partial charge in [0.2, 0.25) is 0 Å². The van der Waals surface area contributed by atoms with Crippen LogP contribution in [0.2, 0.25) is 0 Å². The molecule has 2 heterocycles. The Kier molecular flexibility index (Phi) is 3.84. The molecule has 118 valence electrons. The third kappa shape index (κ3) is 3.98. The predicted molar refractivity (Wildman–Crippen MR) is 88.0 cm³/mol. The van der Waals surface area contributed by atoms with Gasteiger partial charge in [-0.05, 0) is 92.9 Å². The fraction of sp³-hybridized carbons (Fsp3) is 1.00. The predicted octanol–water partition coefficient (Wildman–Crippen LogP) is 4.10.